The van der Waals surface area contributed by atoms with Gasteiger partial charge in [0.25, 0.3) is 0 Å². The predicted octanol–water partition coefficient (Wildman–Crippen LogP) is 1.02. The molecule has 0 aromatic carbocycles. The fourth-order valence-electron chi connectivity index (χ4n) is 0.134. The molecule has 0 aliphatic carbocycles. The highest BCUT2D eigenvalue weighted by atomic mass is 16.1. The summed E-state index contributed by atoms with van der Waals surface area (Å²) in [5, 5.41) is 0. The topological polar surface area (TPSA) is 29.4 Å². The molecule has 0 aromatic rings. The first-order valence-corrected chi connectivity index (χ1v) is 1.76. The third-order valence-corrected chi connectivity index (χ3v) is 0.349. The molecule has 0 aliphatic rings. The van der Waals surface area contributed by atoms with Crippen LogP contribution in [0.4, 0.5) is 0 Å². The maximum absolute atomic E-state index is 9.30. The highest BCUT2D eigenvalue weighted by molar-refractivity contribution is 5.34. The summed E-state index contributed by atoms with van der Waals surface area (Å²) >= 11 is 0. The number of allylic oxidation sites excluding steroid dienone is 2. The van der Waals surface area contributed by atoms with Gasteiger partial charge in [-0.05, 0) is 6.08 Å². The Morgan fingerprint density at radius 3 is 2.86 bits per heavy atom. The molecule has 0 saturated carbocycles. The third kappa shape index (κ3) is 4.86. The molecule has 2 heteroatoms. The number of isocyanates is 1. The lowest BCUT2D eigenvalue weighted by molar-refractivity contribution is 0.565. The van der Waals surface area contributed by atoms with Crippen molar-refractivity contribution in [1.82, 2.24) is 0 Å². The monoisotopic (exact) mass is 95.0 g/mol. The van der Waals surface area contributed by atoms with Crippen molar-refractivity contribution in [2.45, 2.75) is 0 Å². The number of nitrogens with zero attached hydrogens (tertiary/aromatic N) is 1. The Hall–Kier alpha value is -1.14. The molecular weight excluding hydrogens is 90.1 g/mol. The van der Waals surface area contributed by atoms with Crippen LogP contribution in [0.2, 0.25) is 0 Å². The van der Waals surface area contributed by atoms with Crippen molar-refractivity contribution in [2.75, 3.05) is 0 Å². The van der Waals surface area contributed by atoms with Gasteiger partial charge in [0.2, 0.25) is 6.08 Å². The molecule has 7 heavy (non-hydrogen) atoms. The van der Waals surface area contributed by atoms with Gasteiger partial charge in [-0.1, -0.05) is 12.7 Å². The summed E-state index contributed by atoms with van der Waals surface area (Å²) in [6.45, 7) is 3.36. The second-order valence-corrected chi connectivity index (χ2v) is 0.798. The molecule has 0 N–H and O–H groups in total. The van der Waals surface area contributed by atoms with E-state index in [0.29, 0.717) is 0 Å². The molecule has 0 aromatic heterocycles. The molecule has 0 bridgehead atoms. The zero-order valence-corrected chi connectivity index (χ0v) is 3.79. The smallest absolute Gasteiger partial charge is 0.211 e. The molecule has 0 heterocycles. The van der Waals surface area contributed by atoms with Gasteiger partial charge in [0, 0.05) is 6.20 Å². The SMILES string of the molecule is C=C/C=C/N=C=O. The van der Waals surface area contributed by atoms with Gasteiger partial charge in [-0.2, -0.15) is 4.99 Å². The van der Waals surface area contributed by atoms with Gasteiger partial charge in [-0.3, -0.25) is 0 Å². The van der Waals surface area contributed by atoms with Gasteiger partial charge in [0.15, 0.2) is 0 Å². The van der Waals surface area contributed by atoms with Gasteiger partial charge in [-0.15, -0.1) is 0 Å². The average Bonchev–Trinajstić information content (AvgIpc) is 1.69. The standard InChI is InChI=1S/C5H5NO/c1-2-3-4-6-5-7/h2-4H,1H2/b4-3+. The second kappa shape index (κ2) is 4.86. The number of carbonyl (C=O) groups excluding carboxylic acids is 1. The fourth-order valence-corrected chi connectivity index (χ4v) is 0.134. The zero-order valence-electron chi connectivity index (χ0n) is 3.79. The van der Waals surface area contributed by atoms with E-state index in [1.54, 1.807) is 6.08 Å². The minimum absolute atomic E-state index is 1.32. The molecule has 0 atom stereocenters. The minimum atomic E-state index is 1.32. The lowest BCUT2D eigenvalue weighted by atomic mass is 10.6. The summed E-state index contributed by atoms with van der Waals surface area (Å²) in [5.74, 6) is 0. The lowest BCUT2D eigenvalue weighted by Gasteiger charge is -1.59. The van der Waals surface area contributed by atoms with Crippen molar-refractivity contribution < 1.29 is 4.79 Å². The van der Waals surface area contributed by atoms with E-state index in [1.807, 2.05) is 0 Å². The fraction of sp³-hybridized carbons (Fsp3) is 0. The lowest BCUT2D eigenvalue weighted by Crippen LogP contribution is -1.45. The zero-order chi connectivity index (χ0) is 5.54. The Bertz CT molecular complexity index is 120. The van der Waals surface area contributed by atoms with Crippen LogP contribution in [0.25, 0.3) is 0 Å². The Labute approximate surface area is 41.9 Å². The summed E-state index contributed by atoms with van der Waals surface area (Å²) in [5.41, 5.74) is 0. The molecule has 0 fully saturated rings. The third-order valence-electron chi connectivity index (χ3n) is 0.349. The van der Waals surface area contributed by atoms with E-state index < -0.39 is 0 Å². The molecular formula is C5H5NO. The molecule has 0 spiro atoms. The Morgan fingerprint density at radius 1 is 1.71 bits per heavy atom. The van der Waals surface area contributed by atoms with E-state index in [1.165, 1.54) is 18.4 Å². The van der Waals surface area contributed by atoms with E-state index in [4.69, 9.17) is 0 Å². The van der Waals surface area contributed by atoms with E-state index in [2.05, 4.69) is 11.6 Å². The Balaban J connectivity index is 3.47. The van der Waals surface area contributed by atoms with Crippen LogP contribution >= 0.6 is 0 Å². The number of rotatable bonds is 2. The number of hydrogen-bond donors (Lipinski definition) is 0. The maximum atomic E-state index is 9.30. The summed E-state index contributed by atoms with van der Waals surface area (Å²) in [4.78, 5) is 12.4. The van der Waals surface area contributed by atoms with Gasteiger partial charge in [0.1, 0.15) is 0 Å². The summed E-state index contributed by atoms with van der Waals surface area (Å²) < 4.78 is 0. The first-order chi connectivity index (χ1) is 3.41. The van der Waals surface area contributed by atoms with E-state index in [-0.39, 0.29) is 0 Å². The van der Waals surface area contributed by atoms with Crippen molar-refractivity contribution in [1.29, 1.82) is 0 Å². The van der Waals surface area contributed by atoms with Gasteiger partial charge >= 0.3 is 0 Å². The first kappa shape index (κ1) is 5.86. The molecule has 0 aliphatic heterocycles. The molecule has 0 rings (SSSR count). The summed E-state index contributed by atoms with van der Waals surface area (Å²) in [6, 6.07) is 0. The molecule has 0 unspecified atom stereocenters. The van der Waals surface area contributed by atoms with Crippen LogP contribution in [0, 0.1) is 0 Å². The molecule has 2 nitrogen and oxygen atoms in total. The Kier molecular flexibility index (Phi) is 4.07. The normalized spacial score (nSPS) is 8.00. The van der Waals surface area contributed by atoms with E-state index in [9.17, 15) is 4.79 Å². The largest absolute Gasteiger partial charge is 0.239 e. The number of hydrogen-bond acceptors (Lipinski definition) is 2. The van der Waals surface area contributed by atoms with E-state index in [0.717, 1.165) is 0 Å². The van der Waals surface area contributed by atoms with Crippen LogP contribution in [0.1, 0.15) is 0 Å². The van der Waals surface area contributed by atoms with Gasteiger partial charge in [-0.25, -0.2) is 4.79 Å². The van der Waals surface area contributed by atoms with Crippen molar-refractivity contribution in [3.05, 3.63) is 24.9 Å². The van der Waals surface area contributed by atoms with E-state index >= 15 is 0 Å². The molecule has 36 valence electrons. The maximum Gasteiger partial charge on any atom is 0.239 e. The second-order valence-electron chi connectivity index (χ2n) is 0.798. The van der Waals surface area contributed by atoms with Crippen LogP contribution in [0.5, 0.6) is 0 Å². The van der Waals surface area contributed by atoms with Crippen LogP contribution < -0.4 is 0 Å². The van der Waals surface area contributed by atoms with Gasteiger partial charge in [0.05, 0.1) is 0 Å². The van der Waals surface area contributed by atoms with Crippen molar-refractivity contribution in [2.24, 2.45) is 4.99 Å². The van der Waals surface area contributed by atoms with Gasteiger partial charge < -0.3 is 0 Å². The molecule has 0 radical (unpaired) electrons. The summed E-state index contributed by atoms with van der Waals surface area (Å²) in [6.07, 6.45) is 5.74. The molecule has 0 saturated heterocycles. The quantitative estimate of drug-likeness (QED) is 0.286. The highest BCUT2D eigenvalue weighted by Crippen LogP contribution is 1.69. The van der Waals surface area contributed by atoms with Crippen LogP contribution in [-0.2, 0) is 4.79 Å². The number of aliphatic imine (C=N–C) groups is 1. The Morgan fingerprint density at radius 2 is 2.43 bits per heavy atom. The molecule has 0 amide bonds. The minimum Gasteiger partial charge on any atom is -0.211 e. The van der Waals surface area contributed by atoms with Crippen molar-refractivity contribution >= 4 is 6.08 Å². The van der Waals surface area contributed by atoms with Crippen molar-refractivity contribution in [3.63, 3.8) is 0 Å². The predicted molar refractivity (Wildman–Crippen MR) is 27.5 cm³/mol. The van der Waals surface area contributed by atoms with Crippen molar-refractivity contribution in [3.8, 4) is 0 Å². The van der Waals surface area contributed by atoms with Crippen LogP contribution in [0.15, 0.2) is 29.9 Å². The van der Waals surface area contributed by atoms with Crippen LogP contribution in [-0.4, -0.2) is 6.08 Å². The van der Waals surface area contributed by atoms with Crippen LogP contribution in [0.3, 0.4) is 0 Å². The average molecular weight is 95.1 g/mol. The highest BCUT2D eigenvalue weighted by Gasteiger charge is 1.52. The first-order valence-electron chi connectivity index (χ1n) is 1.76. The summed E-state index contributed by atoms with van der Waals surface area (Å²) in [7, 11) is 0.